The molecule has 0 spiro atoms. The molecule has 0 unspecified atom stereocenters. The van der Waals surface area contributed by atoms with Crippen molar-refractivity contribution in [2.75, 3.05) is 0 Å². The molecule has 0 saturated carbocycles. The summed E-state index contributed by atoms with van der Waals surface area (Å²) in [6.45, 7) is 2.11. The standard InChI is InChI=1S/C28H21N/c1-20-7-9-24(10-8-20)27-17-26-16-15-25(18-28(26)29-19-27)23-13-11-22(12-14-23)21-5-3-2-4-6-21/h2-19H,1H3. The maximum atomic E-state index is 4.73. The summed E-state index contributed by atoms with van der Waals surface area (Å²) >= 11 is 0. The number of aromatic nitrogens is 1. The Labute approximate surface area is 171 Å². The average molecular weight is 371 g/mol. The van der Waals surface area contributed by atoms with E-state index in [4.69, 9.17) is 4.98 Å². The summed E-state index contributed by atoms with van der Waals surface area (Å²) in [5, 5.41) is 1.16. The van der Waals surface area contributed by atoms with Crippen molar-refractivity contribution in [1.29, 1.82) is 0 Å². The highest BCUT2D eigenvalue weighted by Gasteiger charge is 2.05. The van der Waals surface area contributed by atoms with Crippen molar-refractivity contribution in [1.82, 2.24) is 4.98 Å². The Kier molecular flexibility index (Phi) is 4.42. The van der Waals surface area contributed by atoms with Crippen molar-refractivity contribution >= 4 is 10.9 Å². The van der Waals surface area contributed by atoms with Gasteiger partial charge in [-0.05, 0) is 46.9 Å². The van der Waals surface area contributed by atoms with E-state index in [0.717, 1.165) is 16.5 Å². The third-order valence-corrected chi connectivity index (χ3v) is 5.39. The lowest BCUT2D eigenvalue weighted by Crippen LogP contribution is -1.85. The van der Waals surface area contributed by atoms with Crippen LogP contribution in [-0.4, -0.2) is 4.98 Å². The lowest BCUT2D eigenvalue weighted by atomic mass is 9.98. The van der Waals surface area contributed by atoms with Crippen LogP contribution in [-0.2, 0) is 0 Å². The molecule has 0 N–H and O–H groups in total. The van der Waals surface area contributed by atoms with E-state index in [-0.39, 0.29) is 0 Å². The summed E-state index contributed by atoms with van der Waals surface area (Å²) in [7, 11) is 0. The van der Waals surface area contributed by atoms with E-state index in [9.17, 15) is 0 Å². The maximum Gasteiger partial charge on any atom is 0.0708 e. The van der Waals surface area contributed by atoms with E-state index in [1.165, 1.54) is 33.4 Å². The van der Waals surface area contributed by atoms with Gasteiger partial charge in [-0.25, -0.2) is 0 Å². The molecule has 0 aliphatic carbocycles. The third kappa shape index (κ3) is 3.55. The molecule has 0 aliphatic rings. The largest absolute Gasteiger partial charge is 0.256 e. The summed E-state index contributed by atoms with van der Waals surface area (Å²) in [6, 6.07) is 36.5. The fourth-order valence-electron chi connectivity index (χ4n) is 3.69. The zero-order chi connectivity index (χ0) is 19.6. The van der Waals surface area contributed by atoms with Gasteiger partial charge in [0, 0.05) is 17.1 Å². The molecule has 0 fully saturated rings. The molecular formula is C28H21N. The highest BCUT2D eigenvalue weighted by molar-refractivity contribution is 5.87. The van der Waals surface area contributed by atoms with Crippen LogP contribution in [0.15, 0.2) is 109 Å². The molecule has 0 aliphatic heterocycles. The van der Waals surface area contributed by atoms with Crippen molar-refractivity contribution in [2.45, 2.75) is 6.92 Å². The molecule has 0 amide bonds. The Morgan fingerprint density at radius 3 is 1.76 bits per heavy atom. The highest BCUT2D eigenvalue weighted by atomic mass is 14.6. The number of nitrogens with zero attached hydrogens (tertiary/aromatic N) is 1. The Bertz CT molecular complexity index is 1270. The number of pyridine rings is 1. The van der Waals surface area contributed by atoms with E-state index in [1.807, 2.05) is 12.3 Å². The van der Waals surface area contributed by atoms with Crippen molar-refractivity contribution < 1.29 is 0 Å². The summed E-state index contributed by atoms with van der Waals surface area (Å²) in [4.78, 5) is 4.73. The SMILES string of the molecule is Cc1ccc(-c2cnc3cc(-c4ccc(-c5ccccc5)cc4)ccc3c2)cc1. The Morgan fingerprint density at radius 2 is 1.03 bits per heavy atom. The summed E-state index contributed by atoms with van der Waals surface area (Å²) in [6.07, 6.45) is 1.97. The van der Waals surface area contributed by atoms with Gasteiger partial charge in [0.25, 0.3) is 0 Å². The molecule has 0 saturated heterocycles. The first-order chi connectivity index (χ1) is 14.3. The molecule has 4 aromatic carbocycles. The van der Waals surface area contributed by atoms with Crippen LogP contribution in [0.1, 0.15) is 5.56 Å². The van der Waals surface area contributed by atoms with E-state index < -0.39 is 0 Å². The van der Waals surface area contributed by atoms with Crippen molar-refractivity contribution in [3.05, 3.63) is 115 Å². The second kappa shape index (κ2) is 7.37. The second-order valence-corrected chi connectivity index (χ2v) is 7.44. The summed E-state index contributed by atoms with van der Waals surface area (Å²) in [5.74, 6) is 0. The van der Waals surface area contributed by atoms with Crippen molar-refractivity contribution in [3.8, 4) is 33.4 Å². The predicted molar refractivity (Wildman–Crippen MR) is 123 cm³/mol. The molecule has 138 valence electrons. The third-order valence-electron chi connectivity index (χ3n) is 5.39. The van der Waals surface area contributed by atoms with Gasteiger partial charge in [0.15, 0.2) is 0 Å². The van der Waals surface area contributed by atoms with Gasteiger partial charge in [-0.1, -0.05) is 96.6 Å². The summed E-state index contributed by atoms with van der Waals surface area (Å²) in [5.41, 5.74) is 9.50. The van der Waals surface area contributed by atoms with Gasteiger partial charge in [0.1, 0.15) is 0 Å². The maximum absolute atomic E-state index is 4.73. The summed E-state index contributed by atoms with van der Waals surface area (Å²) < 4.78 is 0. The Hall–Kier alpha value is -3.71. The molecular weight excluding hydrogens is 350 g/mol. The number of rotatable bonds is 3. The fraction of sp³-hybridized carbons (Fsp3) is 0.0357. The topological polar surface area (TPSA) is 12.9 Å². The van der Waals surface area contributed by atoms with Gasteiger partial charge in [0.2, 0.25) is 0 Å². The van der Waals surface area contributed by atoms with Crippen LogP contribution in [0.3, 0.4) is 0 Å². The number of aryl methyl sites for hydroxylation is 1. The van der Waals surface area contributed by atoms with Crippen LogP contribution in [0.5, 0.6) is 0 Å². The van der Waals surface area contributed by atoms with Crippen molar-refractivity contribution in [2.24, 2.45) is 0 Å². The molecule has 5 aromatic rings. The van der Waals surface area contributed by atoms with E-state index in [2.05, 4.69) is 104 Å². The van der Waals surface area contributed by atoms with Gasteiger partial charge in [-0.2, -0.15) is 0 Å². The minimum absolute atomic E-state index is 1.02. The lowest BCUT2D eigenvalue weighted by molar-refractivity contribution is 1.40. The molecule has 1 aromatic heterocycles. The number of benzene rings is 4. The molecule has 1 heteroatoms. The quantitative estimate of drug-likeness (QED) is 0.319. The molecule has 1 heterocycles. The highest BCUT2D eigenvalue weighted by Crippen LogP contribution is 2.29. The van der Waals surface area contributed by atoms with Crippen LogP contribution in [0, 0.1) is 6.92 Å². The number of fused-ring (bicyclic) bond motifs is 1. The van der Waals surface area contributed by atoms with Gasteiger partial charge in [0.05, 0.1) is 5.52 Å². The van der Waals surface area contributed by atoms with Crippen molar-refractivity contribution in [3.63, 3.8) is 0 Å². The lowest BCUT2D eigenvalue weighted by Gasteiger charge is -2.08. The first kappa shape index (κ1) is 17.4. The van der Waals surface area contributed by atoms with Crippen LogP contribution in [0.25, 0.3) is 44.3 Å². The zero-order valence-corrected chi connectivity index (χ0v) is 16.3. The number of hydrogen-bond acceptors (Lipinski definition) is 1. The molecule has 1 nitrogen and oxygen atoms in total. The first-order valence-electron chi connectivity index (χ1n) is 9.89. The molecule has 5 rings (SSSR count). The van der Waals surface area contributed by atoms with Gasteiger partial charge >= 0.3 is 0 Å². The normalized spacial score (nSPS) is 10.9. The predicted octanol–water partition coefficient (Wildman–Crippen LogP) is 7.54. The van der Waals surface area contributed by atoms with Crippen LogP contribution >= 0.6 is 0 Å². The van der Waals surface area contributed by atoms with Crippen LogP contribution in [0.4, 0.5) is 0 Å². The van der Waals surface area contributed by atoms with Gasteiger partial charge in [-0.15, -0.1) is 0 Å². The average Bonchev–Trinajstić information content (AvgIpc) is 2.80. The minimum Gasteiger partial charge on any atom is -0.256 e. The Morgan fingerprint density at radius 1 is 0.483 bits per heavy atom. The Balaban J connectivity index is 1.47. The van der Waals surface area contributed by atoms with Gasteiger partial charge < -0.3 is 0 Å². The van der Waals surface area contributed by atoms with E-state index >= 15 is 0 Å². The van der Waals surface area contributed by atoms with Crippen LogP contribution in [0.2, 0.25) is 0 Å². The molecule has 29 heavy (non-hydrogen) atoms. The monoisotopic (exact) mass is 371 g/mol. The second-order valence-electron chi connectivity index (χ2n) is 7.44. The fourth-order valence-corrected chi connectivity index (χ4v) is 3.69. The first-order valence-corrected chi connectivity index (χ1v) is 9.89. The smallest absolute Gasteiger partial charge is 0.0708 e. The zero-order valence-electron chi connectivity index (χ0n) is 16.3. The molecule has 0 bridgehead atoms. The molecule has 0 radical (unpaired) electrons. The van der Waals surface area contributed by atoms with Crippen LogP contribution < -0.4 is 0 Å². The van der Waals surface area contributed by atoms with E-state index in [0.29, 0.717) is 0 Å². The van der Waals surface area contributed by atoms with Gasteiger partial charge in [-0.3, -0.25) is 4.98 Å². The molecule has 0 atom stereocenters. The minimum atomic E-state index is 1.02. The van der Waals surface area contributed by atoms with E-state index in [1.54, 1.807) is 0 Å². The number of hydrogen-bond donors (Lipinski definition) is 0.